The number of fused-ring (bicyclic) bond motifs is 1. The molecular formula is C19H18N4OS. The van der Waals surface area contributed by atoms with Gasteiger partial charge in [-0.3, -0.25) is 9.48 Å². The number of hydrogen-bond donors (Lipinski definition) is 1. The van der Waals surface area contributed by atoms with Crippen LogP contribution in [-0.2, 0) is 19.4 Å². The van der Waals surface area contributed by atoms with E-state index in [1.165, 1.54) is 22.4 Å². The highest BCUT2D eigenvalue weighted by atomic mass is 32.1. The van der Waals surface area contributed by atoms with Crippen LogP contribution in [0.25, 0.3) is 0 Å². The number of hydrazone groups is 1. The predicted molar refractivity (Wildman–Crippen MR) is 99.2 cm³/mol. The molecule has 1 aliphatic rings. The molecule has 0 spiro atoms. The van der Waals surface area contributed by atoms with Crippen LogP contribution in [0.1, 0.15) is 37.7 Å². The number of benzene rings is 1. The van der Waals surface area contributed by atoms with Gasteiger partial charge in [-0.1, -0.05) is 30.3 Å². The van der Waals surface area contributed by atoms with E-state index in [1.54, 1.807) is 23.7 Å². The van der Waals surface area contributed by atoms with Crippen molar-refractivity contribution in [3.8, 4) is 0 Å². The lowest BCUT2D eigenvalue weighted by molar-refractivity contribution is 0.0959. The molecule has 0 bridgehead atoms. The van der Waals surface area contributed by atoms with Crippen LogP contribution in [0.5, 0.6) is 0 Å². The van der Waals surface area contributed by atoms with Gasteiger partial charge in [0.15, 0.2) is 0 Å². The minimum Gasteiger partial charge on any atom is -0.268 e. The number of hydrogen-bond acceptors (Lipinski definition) is 4. The fourth-order valence-electron chi connectivity index (χ4n) is 2.96. The molecule has 0 radical (unpaired) electrons. The summed E-state index contributed by atoms with van der Waals surface area (Å²) in [6.07, 6.45) is 8.64. The molecule has 126 valence electrons. The Hall–Kier alpha value is -2.73. The van der Waals surface area contributed by atoms with E-state index in [0.29, 0.717) is 6.54 Å². The number of nitrogens with zero attached hydrogens (tertiary/aromatic N) is 3. The number of carbonyl (C=O) groups is 1. The summed E-state index contributed by atoms with van der Waals surface area (Å²) in [5.41, 5.74) is 5.96. The van der Waals surface area contributed by atoms with Crippen LogP contribution in [0, 0.1) is 0 Å². The predicted octanol–water partition coefficient (Wildman–Crippen LogP) is 3.25. The fraction of sp³-hybridized carbons (Fsp3) is 0.211. The van der Waals surface area contributed by atoms with E-state index >= 15 is 0 Å². The van der Waals surface area contributed by atoms with Gasteiger partial charge in [0.1, 0.15) is 0 Å². The van der Waals surface area contributed by atoms with Gasteiger partial charge in [0, 0.05) is 16.6 Å². The average molecular weight is 350 g/mol. The standard InChI is InChI=1S/C19H18N4OS/c24-19(18-9-16-7-4-8-17(16)25-18)22-20-10-15-11-21-23(13-15)12-14-5-2-1-3-6-14/h1-3,5-6,9-11,13H,4,7-8,12H2,(H,22,24)/b20-10-. The summed E-state index contributed by atoms with van der Waals surface area (Å²) in [5.74, 6) is -0.146. The Labute approximate surface area is 150 Å². The first-order chi connectivity index (χ1) is 12.3. The lowest BCUT2D eigenvalue weighted by Gasteiger charge is -2.00. The topological polar surface area (TPSA) is 59.3 Å². The normalized spacial score (nSPS) is 13.3. The van der Waals surface area contributed by atoms with Crippen molar-refractivity contribution >= 4 is 23.5 Å². The number of thiophene rings is 1. The van der Waals surface area contributed by atoms with Crippen molar-refractivity contribution in [1.82, 2.24) is 15.2 Å². The molecule has 25 heavy (non-hydrogen) atoms. The maximum atomic E-state index is 12.2. The minimum absolute atomic E-state index is 0.146. The highest BCUT2D eigenvalue weighted by molar-refractivity contribution is 7.14. The van der Waals surface area contributed by atoms with Crippen LogP contribution in [0.15, 0.2) is 53.9 Å². The zero-order valence-electron chi connectivity index (χ0n) is 13.7. The van der Waals surface area contributed by atoms with Crippen LogP contribution < -0.4 is 5.43 Å². The first-order valence-electron chi connectivity index (χ1n) is 8.29. The van der Waals surface area contributed by atoms with Gasteiger partial charge in [-0.05, 0) is 36.5 Å². The van der Waals surface area contributed by atoms with Crippen molar-refractivity contribution in [2.45, 2.75) is 25.8 Å². The van der Waals surface area contributed by atoms with Gasteiger partial charge < -0.3 is 0 Å². The maximum absolute atomic E-state index is 12.2. The molecule has 0 fully saturated rings. The molecule has 1 amide bonds. The molecular weight excluding hydrogens is 332 g/mol. The average Bonchev–Trinajstić information content (AvgIpc) is 3.32. The van der Waals surface area contributed by atoms with Gasteiger partial charge in [-0.2, -0.15) is 10.2 Å². The zero-order chi connectivity index (χ0) is 17.1. The fourth-order valence-corrected chi connectivity index (χ4v) is 4.11. The third-order valence-electron chi connectivity index (χ3n) is 4.19. The Morgan fingerprint density at radius 3 is 3.04 bits per heavy atom. The molecule has 6 heteroatoms. The van der Waals surface area contributed by atoms with Gasteiger partial charge in [-0.25, -0.2) is 5.43 Å². The summed E-state index contributed by atoms with van der Waals surface area (Å²) in [5, 5.41) is 8.37. The first-order valence-corrected chi connectivity index (χ1v) is 9.11. The number of aryl methyl sites for hydroxylation is 2. The summed E-state index contributed by atoms with van der Waals surface area (Å²) in [4.78, 5) is 14.2. The number of carbonyl (C=O) groups excluding carboxylic acids is 1. The first kappa shape index (κ1) is 15.8. The molecule has 3 aromatic rings. The SMILES string of the molecule is O=C(N/N=C\c1cnn(Cc2ccccc2)c1)c1cc2c(s1)CCC2. The Bertz CT molecular complexity index is 889. The third kappa shape index (κ3) is 3.69. The van der Waals surface area contributed by atoms with E-state index < -0.39 is 0 Å². The Balaban J connectivity index is 1.35. The summed E-state index contributed by atoms with van der Waals surface area (Å²) >= 11 is 1.58. The van der Waals surface area contributed by atoms with Crippen LogP contribution in [0.2, 0.25) is 0 Å². The van der Waals surface area contributed by atoms with Gasteiger partial charge in [0.05, 0.1) is 23.8 Å². The van der Waals surface area contributed by atoms with Gasteiger partial charge in [0.2, 0.25) is 0 Å². The lowest BCUT2D eigenvalue weighted by atomic mass is 10.2. The second kappa shape index (κ2) is 7.03. The van der Waals surface area contributed by atoms with E-state index in [1.807, 2.05) is 35.1 Å². The largest absolute Gasteiger partial charge is 0.281 e. The molecule has 0 saturated carbocycles. The third-order valence-corrected chi connectivity index (χ3v) is 5.43. The van der Waals surface area contributed by atoms with Gasteiger partial charge in [0.25, 0.3) is 5.91 Å². The molecule has 5 nitrogen and oxygen atoms in total. The molecule has 0 aliphatic heterocycles. The number of aromatic nitrogens is 2. The Morgan fingerprint density at radius 2 is 2.20 bits per heavy atom. The van der Waals surface area contributed by atoms with E-state index in [2.05, 4.69) is 27.8 Å². The van der Waals surface area contributed by atoms with Gasteiger partial charge in [-0.15, -0.1) is 11.3 Å². The van der Waals surface area contributed by atoms with E-state index in [4.69, 9.17) is 0 Å². The van der Waals surface area contributed by atoms with Gasteiger partial charge >= 0.3 is 0 Å². The molecule has 0 unspecified atom stereocenters. The van der Waals surface area contributed by atoms with E-state index in [9.17, 15) is 4.79 Å². The molecule has 2 heterocycles. The summed E-state index contributed by atoms with van der Waals surface area (Å²) in [6.45, 7) is 0.710. The van der Waals surface area contributed by atoms with E-state index in [0.717, 1.165) is 23.3 Å². The number of nitrogens with one attached hydrogen (secondary N) is 1. The second-order valence-corrected chi connectivity index (χ2v) is 7.21. The molecule has 2 aromatic heterocycles. The van der Waals surface area contributed by atoms with Crippen molar-refractivity contribution < 1.29 is 4.79 Å². The summed E-state index contributed by atoms with van der Waals surface area (Å²) in [7, 11) is 0. The van der Waals surface area contributed by atoms with Crippen molar-refractivity contribution in [3.63, 3.8) is 0 Å². The summed E-state index contributed by atoms with van der Waals surface area (Å²) < 4.78 is 1.85. The summed E-state index contributed by atoms with van der Waals surface area (Å²) in [6, 6.07) is 12.1. The van der Waals surface area contributed by atoms with Crippen molar-refractivity contribution in [3.05, 3.63) is 75.2 Å². The minimum atomic E-state index is -0.146. The molecule has 0 saturated heterocycles. The van der Waals surface area contributed by atoms with Crippen LogP contribution >= 0.6 is 11.3 Å². The number of amides is 1. The Kier molecular flexibility index (Phi) is 4.43. The highest BCUT2D eigenvalue weighted by Gasteiger charge is 2.18. The smallest absolute Gasteiger partial charge is 0.268 e. The van der Waals surface area contributed by atoms with Crippen molar-refractivity contribution in [2.24, 2.45) is 5.10 Å². The van der Waals surface area contributed by atoms with Crippen molar-refractivity contribution in [2.75, 3.05) is 0 Å². The molecule has 0 atom stereocenters. The lowest BCUT2D eigenvalue weighted by Crippen LogP contribution is -2.16. The highest BCUT2D eigenvalue weighted by Crippen LogP contribution is 2.30. The molecule has 4 rings (SSSR count). The van der Waals surface area contributed by atoms with Crippen LogP contribution in [-0.4, -0.2) is 21.9 Å². The monoisotopic (exact) mass is 350 g/mol. The maximum Gasteiger partial charge on any atom is 0.281 e. The number of rotatable bonds is 5. The van der Waals surface area contributed by atoms with Crippen molar-refractivity contribution in [1.29, 1.82) is 0 Å². The Morgan fingerprint density at radius 1 is 1.32 bits per heavy atom. The molecule has 1 aromatic carbocycles. The van der Waals surface area contributed by atoms with E-state index in [-0.39, 0.29) is 5.91 Å². The van der Waals surface area contributed by atoms with Crippen LogP contribution in [0.3, 0.4) is 0 Å². The zero-order valence-corrected chi connectivity index (χ0v) is 14.5. The molecule has 1 aliphatic carbocycles. The van der Waals surface area contributed by atoms with Crippen LogP contribution in [0.4, 0.5) is 0 Å². The quantitative estimate of drug-likeness (QED) is 0.567. The second-order valence-electron chi connectivity index (χ2n) is 6.07. The molecule has 1 N–H and O–H groups in total.